The fourth-order valence-electron chi connectivity index (χ4n) is 1.35. The maximum Gasteiger partial charge on any atom is 0.303 e. The lowest BCUT2D eigenvalue weighted by Gasteiger charge is -2.28. The second kappa shape index (κ2) is 5.94. The van der Waals surface area contributed by atoms with Crippen LogP contribution in [0.3, 0.4) is 0 Å². The zero-order valence-corrected chi connectivity index (χ0v) is 10.9. The quantitative estimate of drug-likeness (QED) is 0.511. The minimum absolute atomic E-state index is 0.186. The lowest BCUT2D eigenvalue weighted by atomic mass is 9.93. The van der Waals surface area contributed by atoms with Gasteiger partial charge in [-0.1, -0.05) is 18.1 Å². The van der Waals surface area contributed by atoms with Crippen molar-refractivity contribution in [3.05, 3.63) is 11.1 Å². The highest BCUT2D eigenvalue weighted by Gasteiger charge is 2.24. The van der Waals surface area contributed by atoms with E-state index in [-0.39, 0.29) is 11.6 Å². The third kappa shape index (κ3) is 5.60. The van der Waals surface area contributed by atoms with Crippen LogP contribution in [0.15, 0.2) is 11.1 Å². The van der Waals surface area contributed by atoms with Crippen LogP contribution in [0.4, 0.5) is 0 Å². The predicted molar refractivity (Wildman–Crippen MR) is 63.7 cm³/mol. The summed E-state index contributed by atoms with van der Waals surface area (Å²) in [6.07, 6.45) is 2.77. The molecule has 0 fully saturated rings. The van der Waals surface area contributed by atoms with E-state index in [0.29, 0.717) is 0 Å². The van der Waals surface area contributed by atoms with E-state index >= 15 is 0 Å². The summed E-state index contributed by atoms with van der Waals surface area (Å²) in [5.74, 6) is -0.186. The van der Waals surface area contributed by atoms with Crippen LogP contribution < -0.4 is 0 Å². The van der Waals surface area contributed by atoms with Crippen molar-refractivity contribution in [3.63, 3.8) is 0 Å². The lowest BCUT2D eigenvalue weighted by molar-refractivity contribution is -0.156. The first-order valence-electron chi connectivity index (χ1n) is 5.63. The van der Waals surface area contributed by atoms with Crippen LogP contribution in [0.25, 0.3) is 0 Å². The van der Waals surface area contributed by atoms with Crippen molar-refractivity contribution in [3.8, 4) is 0 Å². The van der Waals surface area contributed by atoms with Crippen molar-refractivity contribution >= 4 is 5.97 Å². The molecular formula is C13H24O2. The van der Waals surface area contributed by atoms with Gasteiger partial charge < -0.3 is 4.74 Å². The molecule has 0 saturated carbocycles. The Kier molecular flexibility index (Phi) is 5.63. The van der Waals surface area contributed by atoms with Gasteiger partial charge in [-0.2, -0.15) is 0 Å². The van der Waals surface area contributed by atoms with Crippen LogP contribution >= 0.6 is 0 Å². The Morgan fingerprint density at radius 2 is 1.73 bits per heavy atom. The fourth-order valence-corrected chi connectivity index (χ4v) is 1.35. The van der Waals surface area contributed by atoms with E-state index < -0.39 is 0 Å². The van der Waals surface area contributed by atoms with Gasteiger partial charge in [0.1, 0.15) is 5.60 Å². The summed E-state index contributed by atoms with van der Waals surface area (Å²) in [7, 11) is 0. The Morgan fingerprint density at radius 3 is 2.07 bits per heavy atom. The van der Waals surface area contributed by atoms with Gasteiger partial charge in [-0.05, 0) is 47.0 Å². The molecule has 1 unspecified atom stereocenters. The topological polar surface area (TPSA) is 26.3 Å². The van der Waals surface area contributed by atoms with E-state index in [2.05, 4.69) is 27.7 Å². The first kappa shape index (κ1) is 14.2. The summed E-state index contributed by atoms with van der Waals surface area (Å²) in [6, 6.07) is 0. The molecule has 15 heavy (non-hydrogen) atoms. The molecule has 0 aromatic heterocycles. The van der Waals surface area contributed by atoms with Gasteiger partial charge in [-0.25, -0.2) is 0 Å². The van der Waals surface area contributed by atoms with Crippen LogP contribution in [0, 0.1) is 0 Å². The van der Waals surface area contributed by atoms with Crippen molar-refractivity contribution in [1.29, 1.82) is 0 Å². The predicted octanol–water partition coefficient (Wildman–Crippen LogP) is 3.85. The normalized spacial score (nSPS) is 14.3. The summed E-state index contributed by atoms with van der Waals surface area (Å²) in [4.78, 5) is 11.0. The zero-order chi connectivity index (χ0) is 12.1. The number of carbonyl (C=O) groups excluding carboxylic acids is 1. The minimum atomic E-state index is -0.303. The minimum Gasteiger partial charge on any atom is -0.460 e. The van der Waals surface area contributed by atoms with Crippen molar-refractivity contribution in [1.82, 2.24) is 0 Å². The number of carbonyl (C=O) groups is 1. The highest BCUT2D eigenvalue weighted by atomic mass is 16.6. The summed E-state index contributed by atoms with van der Waals surface area (Å²) >= 11 is 0. The Balaban J connectivity index is 4.33. The van der Waals surface area contributed by atoms with E-state index in [1.807, 2.05) is 6.92 Å². The van der Waals surface area contributed by atoms with Gasteiger partial charge in [0.2, 0.25) is 0 Å². The molecule has 0 amide bonds. The molecule has 0 rings (SSSR count). The average molecular weight is 212 g/mol. The van der Waals surface area contributed by atoms with Crippen LogP contribution in [-0.4, -0.2) is 11.6 Å². The van der Waals surface area contributed by atoms with Crippen molar-refractivity contribution in [2.75, 3.05) is 0 Å². The maximum atomic E-state index is 11.0. The van der Waals surface area contributed by atoms with Gasteiger partial charge in [0.15, 0.2) is 0 Å². The number of hydrogen-bond acceptors (Lipinski definition) is 2. The molecule has 0 aromatic carbocycles. The van der Waals surface area contributed by atoms with E-state index in [1.165, 1.54) is 18.1 Å². The number of allylic oxidation sites excluding steroid dienone is 2. The summed E-state index contributed by atoms with van der Waals surface area (Å²) in [6.45, 7) is 11.9. The molecule has 0 aromatic rings. The van der Waals surface area contributed by atoms with Gasteiger partial charge in [0, 0.05) is 6.92 Å². The van der Waals surface area contributed by atoms with E-state index in [1.54, 1.807) is 0 Å². The first-order chi connectivity index (χ1) is 6.80. The number of hydrogen-bond donors (Lipinski definition) is 0. The summed E-state index contributed by atoms with van der Waals surface area (Å²) < 4.78 is 5.36. The van der Waals surface area contributed by atoms with E-state index in [0.717, 1.165) is 19.3 Å². The molecule has 0 heterocycles. The number of rotatable bonds is 5. The molecule has 0 spiro atoms. The zero-order valence-electron chi connectivity index (χ0n) is 10.9. The molecule has 0 radical (unpaired) electrons. The molecule has 0 aliphatic carbocycles. The molecule has 0 bridgehead atoms. The van der Waals surface area contributed by atoms with Gasteiger partial charge in [-0.3, -0.25) is 4.79 Å². The molecule has 88 valence electrons. The first-order valence-corrected chi connectivity index (χ1v) is 5.63. The average Bonchev–Trinajstić information content (AvgIpc) is 2.13. The van der Waals surface area contributed by atoms with Gasteiger partial charge in [-0.15, -0.1) is 0 Å². The molecule has 0 N–H and O–H groups in total. The highest BCUT2D eigenvalue weighted by Crippen LogP contribution is 2.25. The van der Waals surface area contributed by atoms with Crippen LogP contribution in [-0.2, 0) is 9.53 Å². The van der Waals surface area contributed by atoms with Gasteiger partial charge >= 0.3 is 5.97 Å². The second-order valence-corrected chi connectivity index (χ2v) is 4.68. The van der Waals surface area contributed by atoms with Crippen molar-refractivity contribution in [2.24, 2.45) is 0 Å². The Hall–Kier alpha value is -0.790. The fraction of sp³-hybridized carbons (Fsp3) is 0.769. The molecule has 2 nitrogen and oxygen atoms in total. The van der Waals surface area contributed by atoms with Crippen molar-refractivity contribution < 1.29 is 9.53 Å². The number of ether oxygens (including phenoxy) is 1. The monoisotopic (exact) mass is 212 g/mol. The molecule has 2 heteroatoms. The summed E-state index contributed by atoms with van der Waals surface area (Å²) in [5.41, 5.74) is 2.45. The van der Waals surface area contributed by atoms with E-state index in [9.17, 15) is 4.79 Å². The highest BCUT2D eigenvalue weighted by molar-refractivity contribution is 5.66. The Bertz CT molecular complexity index is 249. The van der Waals surface area contributed by atoms with E-state index in [4.69, 9.17) is 4.74 Å². The maximum absolute atomic E-state index is 11.0. The lowest BCUT2D eigenvalue weighted by Crippen LogP contribution is -2.30. The third-order valence-electron chi connectivity index (χ3n) is 3.02. The van der Waals surface area contributed by atoms with Crippen molar-refractivity contribution in [2.45, 2.75) is 66.4 Å². The second-order valence-electron chi connectivity index (χ2n) is 4.68. The van der Waals surface area contributed by atoms with Crippen LogP contribution in [0.5, 0.6) is 0 Å². The Labute approximate surface area is 93.7 Å². The third-order valence-corrected chi connectivity index (χ3v) is 3.02. The smallest absolute Gasteiger partial charge is 0.303 e. The standard InChI is InChI=1S/C13H24O2/c1-7-13(6,15-12(5)14)9-8-11(4)10(2)3/h7-9H2,1-6H3. The molecule has 0 aliphatic rings. The summed E-state index contributed by atoms with van der Waals surface area (Å²) in [5, 5.41) is 0. The molecule has 1 atom stereocenters. The molecule has 0 saturated heterocycles. The van der Waals surface area contributed by atoms with Crippen LogP contribution in [0.1, 0.15) is 60.8 Å². The van der Waals surface area contributed by atoms with Gasteiger partial charge in [0.05, 0.1) is 0 Å². The molecular weight excluding hydrogens is 188 g/mol. The number of esters is 1. The largest absolute Gasteiger partial charge is 0.460 e. The molecule has 0 aliphatic heterocycles. The SMILES string of the molecule is CCC(C)(CCC(C)=C(C)C)OC(C)=O. The van der Waals surface area contributed by atoms with Gasteiger partial charge in [0.25, 0.3) is 0 Å². The van der Waals surface area contributed by atoms with Crippen LogP contribution in [0.2, 0.25) is 0 Å². The Morgan fingerprint density at radius 1 is 1.20 bits per heavy atom.